The highest BCUT2D eigenvalue weighted by Gasteiger charge is 2.35. The monoisotopic (exact) mass is 508 g/mol. The topological polar surface area (TPSA) is 107 Å². The third-order valence-corrected chi connectivity index (χ3v) is 6.63. The minimum Gasteiger partial charge on any atom is -0.457 e. The highest BCUT2D eigenvalue weighted by Crippen LogP contribution is 2.37. The molecule has 8 nitrogen and oxygen atoms in total. The molecule has 0 saturated carbocycles. The minimum atomic E-state index is -0.595. The Kier molecular flexibility index (Phi) is 6.03. The van der Waals surface area contributed by atoms with E-state index in [4.69, 9.17) is 4.74 Å². The summed E-state index contributed by atoms with van der Waals surface area (Å²) in [5.74, 6) is -1.72. The van der Waals surface area contributed by atoms with Crippen LogP contribution in [-0.2, 0) is 16.8 Å². The van der Waals surface area contributed by atoms with Gasteiger partial charge in [-0.1, -0.05) is 51.1 Å². The van der Waals surface area contributed by atoms with E-state index < -0.39 is 22.7 Å². The first-order chi connectivity index (χ1) is 18.1. The number of carbonyl (C=O) groups is 3. The van der Waals surface area contributed by atoms with Crippen LogP contribution in [0.3, 0.4) is 0 Å². The Morgan fingerprint density at radius 2 is 1.50 bits per heavy atom. The van der Waals surface area contributed by atoms with Gasteiger partial charge in [0.05, 0.1) is 21.6 Å². The summed E-state index contributed by atoms with van der Waals surface area (Å²) >= 11 is 0. The number of rotatable bonds is 5. The fourth-order valence-electron chi connectivity index (χ4n) is 4.55. The quantitative estimate of drug-likeness (QED) is 0.137. The van der Waals surface area contributed by atoms with E-state index in [1.807, 2.05) is 24.3 Å². The van der Waals surface area contributed by atoms with Gasteiger partial charge in [0.25, 0.3) is 17.5 Å². The lowest BCUT2D eigenvalue weighted by Gasteiger charge is -2.27. The Morgan fingerprint density at radius 1 is 0.868 bits per heavy atom. The number of nitrogens with zero attached hydrogens (tertiary/aromatic N) is 2. The Morgan fingerprint density at radius 3 is 2.11 bits per heavy atom. The van der Waals surface area contributed by atoms with Crippen molar-refractivity contribution in [2.45, 2.75) is 32.8 Å². The molecule has 1 aliphatic rings. The van der Waals surface area contributed by atoms with Crippen molar-refractivity contribution in [3.05, 3.63) is 117 Å². The fourth-order valence-corrected chi connectivity index (χ4v) is 4.55. The highest BCUT2D eigenvalue weighted by molar-refractivity contribution is 6.36. The largest absolute Gasteiger partial charge is 0.457 e. The van der Waals surface area contributed by atoms with Crippen molar-refractivity contribution in [3.8, 4) is 0 Å². The van der Waals surface area contributed by atoms with E-state index in [2.05, 4.69) is 20.8 Å². The average molecular weight is 509 g/mol. The van der Waals surface area contributed by atoms with Gasteiger partial charge in [0.15, 0.2) is 0 Å². The van der Waals surface area contributed by atoms with Crippen molar-refractivity contribution in [1.82, 2.24) is 0 Å². The van der Waals surface area contributed by atoms with Gasteiger partial charge in [0.1, 0.15) is 6.61 Å². The summed E-state index contributed by atoms with van der Waals surface area (Å²) in [5.41, 5.74) is 2.84. The second-order valence-electron chi connectivity index (χ2n) is 10.1. The second kappa shape index (κ2) is 9.23. The van der Waals surface area contributed by atoms with Crippen molar-refractivity contribution in [2.75, 3.05) is 4.90 Å². The van der Waals surface area contributed by atoms with Gasteiger partial charge in [-0.2, -0.15) is 0 Å². The standard InChI is InChI=1S/C30H24N2O6/c1-30(2,3)20-11-7-18(8-12-20)17-38-29(35)19-9-13-21(14-10-19)31-27(33)23-6-4-5-22-25(32(36)37)16-15-24(26(22)23)28(31)34/h4-16H,17H2,1-3H3. The summed E-state index contributed by atoms with van der Waals surface area (Å²) in [6.45, 7) is 6.49. The number of hydrogen-bond donors (Lipinski definition) is 0. The van der Waals surface area contributed by atoms with Crippen molar-refractivity contribution < 1.29 is 24.0 Å². The summed E-state index contributed by atoms with van der Waals surface area (Å²) in [6.07, 6.45) is 0. The van der Waals surface area contributed by atoms with E-state index in [1.54, 1.807) is 6.07 Å². The summed E-state index contributed by atoms with van der Waals surface area (Å²) in [7, 11) is 0. The zero-order valence-electron chi connectivity index (χ0n) is 21.1. The maximum atomic E-state index is 13.3. The minimum absolute atomic E-state index is 0.0284. The predicted octanol–water partition coefficient (Wildman–Crippen LogP) is 6.20. The van der Waals surface area contributed by atoms with Gasteiger partial charge in [0, 0.05) is 22.6 Å². The Balaban J connectivity index is 1.35. The smallest absolute Gasteiger partial charge is 0.338 e. The Hall–Kier alpha value is -4.85. The molecule has 4 aromatic rings. The fraction of sp³-hybridized carbons (Fsp3) is 0.167. The van der Waals surface area contributed by atoms with Crippen LogP contribution in [0, 0.1) is 10.1 Å². The summed E-state index contributed by atoms with van der Waals surface area (Å²) in [4.78, 5) is 51.1. The molecule has 5 rings (SSSR count). The van der Waals surface area contributed by atoms with E-state index in [-0.39, 0.29) is 50.9 Å². The number of carbonyl (C=O) groups excluding carboxylic acids is 3. The third kappa shape index (κ3) is 4.30. The van der Waals surface area contributed by atoms with Crippen molar-refractivity contribution >= 4 is 39.9 Å². The number of benzene rings is 4. The van der Waals surface area contributed by atoms with Gasteiger partial charge >= 0.3 is 5.97 Å². The van der Waals surface area contributed by atoms with E-state index in [1.165, 1.54) is 54.1 Å². The lowest BCUT2D eigenvalue weighted by Crippen LogP contribution is -2.40. The van der Waals surface area contributed by atoms with Gasteiger partial charge in [-0.25, -0.2) is 9.69 Å². The second-order valence-corrected chi connectivity index (χ2v) is 10.1. The van der Waals surface area contributed by atoms with Gasteiger partial charge in [-0.15, -0.1) is 0 Å². The molecule has 0 aromatic heterocycles. The van der Waals surface area contributed by atoms with Gasteiger partial charge in [-0.05, 0) is 59.0 Å². The number of ether oxygens (including phenoxy) is 1. The molecule has 0 radical (unpaired) electrons. The van der Waals surface area contributed by atoms with Crippen LogP contribution in [0.15, 0.2) is 78.9 Å². The van der Waals surface area contributed by atoms with Crippen LogP contribution in [0.2, 0.25) is 0 Å². The summed E-state index contributed by atoms with van der Waals surface area (Å²) in [5, 5.41) is 11.9. The molecule has 0 aliphatic carbocycles. The first-order valence-corrected chi connectivity index (χ1v) is 12.0. The zero-order chi connectivity index (χ0) is 27.2. The molecule has 1 heterocycles. The molecular weight excluding hydrogens is 484 g/mol. The molecule has 1 aliphatic heterocycles. The number of hydrogen-bond acceptors (Lipinski definition) is 6. The number of anilines is 1. The van der Waals surface area contributed by atoms with Crippen LogP contribution in [-0.4, -0.2) is 22.7 Å². The van der Waals surface area contributed by atoms with Crippen LogP contribution >= 0.6 is 0 Å². The first kappa shape index (κ1) is 24.8. The van der Waals surface area contributed by atoms with E-state index in [0.29, 0.717) is 0 Å². The number of nitro groups is 1. The number of amides is 2. The molecule has 0 atom stereocenters. The molecule has 38 heavy (non-hydrogen) atoms. The maximum absolute atomic E-state index is 13.3. The van der Waals surface area contributed by atoms with Crippen molar-refractivity contribution in [2.24, 2.45) is 0 Å². The molecule has 0 unspecified atom stereocenters. The molecule has 4 aromatic carbocycles. The van der Waals surface area contributed by atoms with Gasteiger partial charge in [-0.3, -0.25) is 19.7 Å². The molecule has 8 heteroatoms. The molecule has 0 N–H and O–H groups in total. The molecule has 190 valence electrons. The van der Waals surface area contributed by atoms with E-state index in [0.717, 1.165) is 10.5 Å². The van der Waals surface area contributed by atoms with Crippen LogP contribution in [0.1, 0.15) is 63.0 Å². The first-order valence-electron chi connectivity index (χ1n) is 12.0. The molecular formula is C30H24N2O6. The van der Waals surface area contributed by atoms with Crippen LogP contribution in [0.4, 0.5) is 11.4 Å². The molecule has 2 amide bonds. The Labute approximate surface area is 218 Å². The van der Waals surface area contributed by atoms with E-state index >= 15 is 0 Å². The SMILES string of the molecule is CC(C)(C)c1ccc(COC(=O)c2ccc(N3C(=O)c4cccc5c([N+](=O)[O-])ccc(c45)C3=O)cc2)cc1. The van der Waals surface area contributed by atoms with Crippen LogP contribution < -0.4 is 4.90 Å². The lowest BCUT2D eigenvalue weighted by molar-refractivity contribution is -0.383. The molecule has 0 fully saturated rings. The third-order valence-electron chi connectivity index (χ3n) is 6.63. The highest BCUT2D eigenvalue weighted by atomic mass is 16.6. The predicted molar refractivity (Wildman–Crippen MR) is 142 cm³/mol. The lowest BCUT2D eigenvalue weighted by atomic mass is 9.87. The van der Waals surface area contributed by atoms with E-state index in [9.17, 15) is 24.5 Å². The van der Waals surface area contributed by atoms with Gasteiger partial charge < -0.3 is 4.74 Å². The zero-order valence-corrected chi connectivity index (χ0v) is 21.1. The molecule has 0 bridgehead atoms. The van der Waals surface area contributed by atoms with Crippen LogP contribution in [0.5, 0.6) is 0 Å². The number of non-ortho nitro benzene ring substituents is 1. The molecule has 0 spiro atoms. The normalized spacial score (nSPS) is 13.1. The number of nitro benzene ring substituents is 1. The molecule has 0 saturated heterocycles. The number of imide groups is 1. The van der Waals surface area contributed by atoms with Crippen molar-refractivity contribution in [3.63, 3.8) is 0 Å². The van der Waals surface area contributed by atoms with Gasteiger partial charge in [0.2, 0.25) is 0 Å². The summed E-state index contributed by atoms with van der Waals surface area (Å²) in [6, 6.07) is 21.1. The number of esters is 1. The summed E-state index contributed by atoms with van der Waals surface area (Å²) < 4.78 is 5.44. The average Bonchev–Trinajstić information content (AvgIpc) is 2.90. The Bertz CT molecular complexity index is 1590. The van der Waals surface area contributed by atoms with Crippen molar-refractivity contribution in [1.29, 1.82) is 0 Å². The van der Waals surface area contributed by atoms with Crippen LogP contribution in [0.25, 0.3) is 10.8 Å². The maximum Gasteiger partial charge on any atom is 0.338 e.